The van der Waals surface area contributed by atoms with Crippen LogP contribution in [-0.4, -0.2) is 53.0 Å². The van der Waals surface area contributed by atoms with Crippen LogP contribution in [0.1, 0.15) is 5.56 Å². The van der Waals surface area contributed by atoms with Crippen molar-refractivity contribution in [3.8, 4) is 11.5 Å². The van der Waals surface area contributed by atoms with E-state index in [9.17, 15) is 14.7 Å². The molecule has 0 bridgehead atoms. The molecule has 1 saturated heterocycles. The van der Waals surface area contributed by atoms with Crippen LogP contribution in [0, 0.1) is 0 Å². The molecule has 23 heavy (non-hydrogen) atoms. The highest BCUT2D eigenvalue weighted by Gasteiger charge is 2.35. The van der Waals surface area contributed by atoms with Gasteiger partial charge in [-0.3, -0.25) is 19.4 Å². The smallest absolute Gasteiger partial charge is 0.265 e. The van der Waals surface area contributed by atoms with Crippen LogP contribution in [0.25, 0.3) is 6.08 Å². The standard InChI is InChI=1S/C14H12Br2N2O4S/c1-17-12(20)7(13(21)18(2)14(17)23)4-6-5-8(22-3)11(19)10(16)9(6)15/h4-5,19H,1-3H3. The van der Waals surface area contributed by atoms with Crippen LogP contribution >= 0.6 is 44.1 Å². The summed E-state index contributed by atoms with van der Waals surface area (Å²) in [6.07, 6.45) is 1.43. The van der Waals surface area contributed by atoms with Crippen LogP contribution in [-0.2, 0) is 9.59 Å². The van der Waals surface area contributed by atoms with Gasteiger partial charge in [-0.2, -0.15) is 0 Å². The molecule has 1 fully saturated rings. The van der Waals surface area contributed by atoms with E-state index in [-0.39, 0.29) is 22.2 Å². The highest BCUT2D eigenvalue weighted by Crippen LogP contribution is 2.42. The Balaban J connectivity index is 2.61. The van der Waals surface area contributed by atoms with Gasteiger partial charge in [-0.05, 0) is 61.8 Å². The number of nitrogens with zero attached hydrogens (tertiary/aromatic N) is 2. The van der Waals surface area contributed by atoms with Gasteiger partial charge in [0.25, 0.3) is 11.8 Å². The lowest BCUT2D eigenvalue weighted by Crippen LogP contribution is -2.52. The van der Waals surface area contributed by atoms with Gasteiger partial charge in [-0.15, -0.1) is 0 Å². The average Bonchev–Trinajstić information content (AvgIpc) is 2.54. The number of benzene rings is 1. The number of phenolic OH excluding ortho intramolecular Hbond substituents is 1. The van der Waals surface area contributed by atoms with E-state index in [1.807, 2.05) is 0 Å². The van der Waals surface area contributed by atoms with Crippen molar-refractivity contribution >= 4 is 67.1 Å². The Labute approximate surface area is 154 Å². The summed E-state index contributed by atoms with van der Waals surface area (Å²) in [7, 11) is 4.41. The molecule has 2 rings (SSSR count). The third-order valence-electron chi connectivity index (χ3n) is 3.34. The van der Waals surface area contributed by atoms with Crippen molar-refractivity contribution < 1.29 is 19.4 Å². The Morgan fingerprint density at radius 2 is 1.70 bits per heavy atom. The monoisotopic (exact) mass is 462 g/mol. The number of likely N-dealkylation sites (N-methyl/N-ethyl adjacent to an activating group) is 2. The average molecular weight is 464 g/mol. The minimum Gasteiger partial charge on any atom is -0.503 e. The van der Waals surface area contributed by atoms with Crippen LogP contribution in [0.5, 0.6) is 11.5 Å². The van der Waals surface area contributed by atoms with Gasteiger partial charge in [-0.25, -0.2) is 0 Å². The maximum atomic E-state index is 12.3. The molecule has 0 aromatic heterocycles. The molecular weight excluding hydrogens is 452 g/mol. The molecule has 1 aliphatic rings. The number of aromatic hydroxyl groups is 1. The molecule has 1 heterocycles. The number of carbonyl (C=O) groups is 2. The van der Waals surface area contributed by atoms with Gasteiger partial charge >= 0.3 is 0 Å². The lowest BCUT2D eigenvalue weighted by Gasteiger charge is -2.31. The molecule has 6 nitrogen and oxygen atoms in total. The summed E-state index contributed by atoms with van der Waals surface area (Å²) in [6, 6.07) is 1.52. The van der Waals surface area contributed by atoms with E-state index >= 15 is 0 Å². The largest absolute Gasteiger partial charge is 0.503 e. The topological polar surface area (TPSA) is 70.1 Å². The molecule has 2 amide bonds. The molecular formula is C14H12Br2N2O4S. The van der Waals surface area contributed by atoms with Gasteiger partial charge in [0.1, 0.15) is 5.57 Å². The summed E-state index contributed by atoms with van der Waals surface area (Å²) in [6.45, 7) is 0. The Morgan fingerprint density at radius 1 is 1.17 bits per heavy atom. The molecule has 0 radical (unpaired) electrons. The van der Waals surface area contributed by atoms with E-state index in [4.69, 9.17) is 17.0 Å². The summed E-state index contributed by atoms with van der Waals surface area (Å²) >= 11 is 11.6. The third-order valence-corrected chi connectivity index (χ3v) is 6.04. The Morgan fingerprint density at radius 3 is 2.17 bits per heavy atom. The minimum atomic E-state index is -0.492. The number of carbonyl (C=O) groups excluding carboxylic acids is 2. The number of halogens is 2. The normalized spacial score (nSPS) is 15.3. The molecule has 1 aromatic carbocycles. The SMILES string of the molecule is COc1cc(C=C2C(=O)N(C)C(=S)N(C)C2=O)c(Br)c(Br)c1O. The van der Waals surface area contributed by atoms with Crippen LogP contribution in [0.4, 0.5) is 0 Å². The predicted octanol–water partition coefficient (Wildman–Crippen LogP) is 2.52. The van der Waals surface area contributed by atoms with Gasteiger partial charge in [0.15, 0.2) is 16.6 Å². The van der Waals surface area contributed by atoms with Gasteiger partial charge in [0.05, 0.1) is 11.6 Å². The Kier molecular flexibility index (Phi) is 5.12. The number of phenols is 1. The zero-order valence-electron chi connectivity index (χ0n) is 12.4. The molecule has 9 heteroatoms. The number of hydrogen-bond donors (Lipinski definition) is 1. The number of methoxy groups -OCH3 is 1. The summed E-state index contributed by atoms with van der Waals surface area (Å²) in [4.78, 5) is 27.1. The Hall–Kier alpha value is -1.45. The Bertz CT molecular complexity index is 738. The summed E-state index contributed by atoms with van der Waals surface area (Å²) in [5.41, 5.74) is 0.460. The van der Waals surface area contributed by atoms with Crippen molar-refractivity contribution in [2.75, 3.05) is 21.2 Å². The molecule has 122 valence electrons. The van der Waals surface area contributed by atoms with Gasteiger partial charge in [0, 0.05) is 18.6 Å². The van der Waals surface area contributed by atoms with Crippen molar-refractivity contribution in [3.05, 3.63) is 26.1 Å². The molecule has 1 aromatic rings. The highest BCUT2D eigenvalue weighted by molar-refractivity contribution is 9.13. The van der Waals surface area contributed by atoms with E-state index in [0.29, 0.717) is 14.5 Å². The second kappa shape index (κ2) is 6.58. The molecule has 0 saturated carbocycles. The second-order valence-corrected chi connectivity index (χ2v) is 6.66. The number of thiocarbonyl (C=S) groups is 1. The quantitative estimate of drug-likeness (QED) is 0.414. The third kappa shape index (κ3) is 3.00. The van der Waals surface area contributed by atoms with Gasteiger partial charge in [0.2, 0.25) is 0 Å². The first-order valence-corrected chi connectivity index (χ1v) is 8.26. The first-order chi connectivity index (χ1) is 10.7. The van der Waals surface area contributed by atoms with Crippen molar-refractivity contribution in [1.29, 1.82) is 0 Å². The fourth-order valence-electron chi connectivity index (χ4n) is 2.00. The van der Waals surface area contributed by atoms with Crippen LogP contribution in [0.3, 0.4) is 0 Å². The first kappa shape index (κ1) is 17.9. The second-order valence-electron chi connectivity index (χ2n) is 4.71. The lowest BCUT2D eigenvalue weighted by molar-refractivity contribution is -0.132. The van der Waals surface area contributed by atoms with E-state index in [2.05, 4.69) is 31.9 Å². The fraction of sp³-hybridized carbons (Fsp3) is 0.214. The van der Waals surface area contributed by atoms with E-state index < -0.39 is 11.8 Å². The molecule has 1 aliphatic heterocycles. The number of hydrogen-bond acceptors (Lipinski definition) is 5. The number of ether oxygens (including phenoxy) is 1. The maximum Gasteiger partial charge on any atom is 0.265 e. The molecule has 1 N–H and O–H groups in total. The lowest BCUT2D eigenvalue weighted by atomic mass is 10.1. The van der Waals surface area contributed by atoms with Crippen molar-refractivity contribution in [3.63, 3.8) is 0 Å². The number of amides is 2. The zero-order chi connectivity index (χ0) is 17.5. The van der Waals surface area contributed by atoms with E-state index in [1.54, 1.807) is 0 Å². The van der Waals surface area contributed by atoms with Crippen molar-refractivity contribution in [2.45, 2.75) is 0 Å². The van der Waals surface area contributed by atoms with E-state index in [0.717, 1.165) is 0 Å². The molecule has 0 spiro atoms. The number of rotatable bonds is 2. The van der Waals surface area contributed by atoms with Crippen LogP contribution in [0.15, 0.2) is 20.6 Å². The minimum absolute atomic E-state index is 0.0380. The summed E-state index contributed by atoms with van der Waals surface area (Å²) in [5, 5.41) is 10.1. The van der Waals surface area contributed by atoms with Crippen molar-refractivity contribution in [1.82, 2.24) is 9.80 Å². The van der Waals surface area contributed by atoms with Crippen LogP contribution in [0.2, 0.25) is 0 Å². The molecule has 0 unspecified atom stereocenters. The van der Waals surface area contributed by atoms with E-state index in [1.165, 1.54) is 43.1 Å². The molecule has 0 atom stereocenters. The van der Waals surface area contributed by atoms with Crippen LogP contribution < -0.4 is 4.74 Å². The maximum absolute atomic E-state index is 12.3. The van der Waals surface area contributed by atoms with Gasteiger partial charge < -0.3 is 9.84 Å². The highest BCUT2D eigenvalue weighted by atomic mass is 79.9. The molecule has 0 aliphatic carbocycles. The van der Waals surface area contributed by atoms with Crippen molar-refractivity contribution in [2.24, 2.45) is 0 Å². The first-order valence-electron chi connectivity index (χ1n) is 6.27. The summed E-state index contributed by atoms with van der Waals surface area (Å²) < 4.78 is 5.93. The predicted molar refractivity (Wildman–Crippen MR) is 96.2 cm³/mol. The zero-order valence-corrected chi connectivity index (χ0v) is 16.4. The van der Waals surface area contributed by atoms with Gasteiger partial charge in [-0.1, -0.05) is 0 Å². The summed E-state index contributed by atoms with van der Waals surface area (Å²) in [5.74, 6) is -0.862. The fourth-order valence-corrected chi connectivity index (χ4v) is 3.01.